The van der Waals surface area contributed by atoms with E-state index in [9.17, 15) is 4.79 Å². The monoisotopic (exact) mass is 2110 g/mol. The van der Waals surface area contributed by atoms with E-state index in [4.69, 9.17) is 55.2 Å². The van der Waals surface area contributed by atoms with Crippen molar-refractivity contribution < 1.29 is 9.90 Å². The second-order valence-electron chi connectivity index (χ2n) is 32.6. The Hall–Kier alpha value is -16.0. The first-order valence-corrected chi connectivity index (χ1v) is 51.9. The second-order valence-corrected chi connectivity index (χ2v) is 34.3. The van der Waals surface area contributed by atoms with E-state index >= 15 is 0 Å². The van der Waals surface area contributed by atoms with Crippen LogP contribution < -0.4 is 125 Å². The first-order valence-electron chi connectivity index (χ1n) is 50.2. The molecule has 61 nitrogen and oxygen atoms in total. The predicted octanol–water partition coefficient (Wildman–Crippen LogP) is 2.97. The minimum absolute atomic E-state index is 0.0233. The molecule has 0 fully saturated rings. The van der Waals surface area contributed by atoms with Gasteiger partial charge in [0, 0.05) is 201 Å². The zero-order valence-corrected chi connectivity index (χ0v) is 87.8. The molecular weight excluding hydrogens is 1970 g/mol. The van der Waals surface area contributed by atoms with Crippen molar-refractivity contribution in [1.29, 1.82) is 0 Å². The summed E-state index contributed by atoms with van der Waals surface area (Å²) in [5.41, 5.74) is 40.3. The van der Waals surface area contributed by atoms with E-state index in [1.54, 1.807) is 32.8 Å². The van der Waals surface area contributed by atoms with Crippen molar-refractivity contribution in [3.8, 4) is 0 Å². The third-order valence-corrected chi connectivity index (χ3v) is 21.3. The molecule has 12 aromatic heterocycles. The highest BCUT2D eigenvalue weighted by Gasteiger charge is 2.19. The number of hydrogen-bond acceptors (Lipinski definition) is 62. The van der Waals surface area contributed by atoms with Crippen LogP contribution in [0.1, 0.15) is 187 Å². The van der Waals surface area contributed by atoms with Crippen LogP contribution in [-0.2, 0) is 81.8 Å². The van der Waals surface area contributed by atoms with Crippen molar-refractivity contribution in [3.05, 3.63) is 82.0 Å². The van der Waals surface area contributed by atoms with Crippen LogP contribution in [0.2, 0.25) is 0 Å². The van der Waals surface area contributed by atoms with Crippen LogP contribution in [0.25, 0.3) is 0 Å². The molecule has 808 valence electrons. The number of anilines is 21. The molecule has 12 heterocycles. The molecule has 0 unspecified atom stereocenters. The molecule has 0 amide bonds. The minimum Gasteiger partial charge on any atom is -0.481 e. The summed E-state index contributed by atoms with van der Waals surface area (Å²) in [6.07, 6.45) is 16.5. The van der Waals surface area contributed by atoms with Gasteiger partial charge in [-0.2, -0.15) is 167 Å². The number of hydrogen-bond donors (Lipinski definition) is 25. The van der Waals surface area contributed by atoms with Crippen LogP contribution in [0, 0.1) is 6.92 Å². The van der Waals surface area contributed by atoms with Crippen molar-refractivity contribution >= 4 is 155 Å². The van der Waals surface area contributed by atoms with Gasteiger partial charge in [0.2, 0.25) is 125 Å². The predicted molar refractivity (Wildman–Crippen MR) is 581 cm³/mol. The highest BCUT2D eigenvalue weighted by Crippen LogP contribution is 2.21. The molecule has 0 atom stereocenters. The number of thiol groups is 1. The van der Waals surface area contributed by atoms with Crippen molar-refractivity contribution in [2.24, 2.45) is 11.5 Å². The summed E-state index contributed by atoms with van der Waals surface area (Å²) in [5.74, 6) is 17.4. The van der Waals surface area contributed by atoms with Crippen LogP contribution in [-0.4, -0.2) is 321 Å². The molecule has 0 spiro atoms. The maximum Gasteiger partial charge on any atom is 0.303 e. The summed E-state index contributed by atoms with van der Waals surface area (Å²) in [5, 5.41) is 60.8. The van der Waals surface area contributed by atoms with Gasteiger partial charge in [-0.1, -0.05) is 25.6 Å². The Morgan fingerprint density at radius 3 is 0.913 bits per heavy atom. The summed E-state index contributed by atoms with van der Waals surface area (Å²) in [7, 11) is 3.51. The van der Waals surface area contributed by atoms with Gasteiger partial charge in [0.05, 0.1) is 0 Å². The highest BCUT2D eigenvalue weighted by molar-refractivity contribution is 7.99. The van der Waals surface area contributed by atoms with Crippen LogP contribution in [0.3, 0.4) is 0 Å². The Morgan fingerprint density at radius 1 is 0.273 bits per heavy atom. The van der Waals surface area contributed by atoms with Gasteiger partial charge >= 0.3 is 5.97 Å². The molecule has 31 N–H and O–H groups in total. The topological polar surface area (TPSA) is 876 Å². The molecule has 0 aliphatic heterocycles. The molecule has 12 aromatic rings. The summed E-state index contributed by atoms with van der Waals surface area (Å²) < 4.78 is 0. The maximum atomic E-state index is 11.2. The number of aliphatic carboxylic acids is 1. The summed E-state index contributed by atoms with van der Waals surface area (Å²) >= 11 is 5.92. The maximum absolute atomic E-state index is 11.2. The fourth-order valence-corrected chi connectivity index (χ4v) is 14.3. The van der Waals surface area contributed by atoms with Gasteiger partial charge in [-0.15, -0.1) is 0 Å². The van der Waals surface area contributed by atoms with Crippen molar-refractivity contribution in [2.75, 3.05) is 244 Å². The van der Waals surface area contributed by atoms with Gasteiger partial charge in [0.1, 0.15) is 82.0 Å². The molecule has 0 radical (unpaired) electrons. The average molecular weight is 2110 g/mol. The van der Waals surface area contributed by atoms with Gasteiger partial charge in [0.15, 0.2) is 5.16 Å². The number of carboxylic acid groups (broad SMARTS) is 1. The van der Waals surface area contributed by atoms with E-state index in [-0.39, 0.29) is 36.2 Å². The normalized spacial score (nSPS) is 10.9. The van der Waals surface area contributed by atoms with Crippen molar-refractivity contribution in [1.82, 2.24) is 179 Å². The average Bonchev–Trinajstić information content (AvgIpc) is 0.858. The van der Waals surface area contributed by atoms with E-state index in [0.717, 1.165) is 62.5 Å². The number of rotatable bonds is 69. The zero-order chi connectivity index (χ0) is 107. The Balaban J connectivity index is 0.000000266. The zero-order valence-electron chi connectivity index (χ0n) is 86.1. The van der Waals surface area contributed by atoms with Gasteiger partial charge in [0.25, 0.3) is 0 Å². The van der Waals surface area contributed by atoms with E-state index < -0.39 is 5.97 Å². The second kappa shape index (κ2) is 65.6. The van der Waals surface area contributed by atoms with E-state index in [1.165, 1.54) is 6.33 Å². The third-order valence-electron chi connectivity index (χ3n) is 20.3. The Morgan fingerprint density at radius 2 is 0.540 bits per heavy atom. The third kappa shape index (κ3) is 44.8. The SMILES string of the molecule is CCNc1nc(CCCNc2nc(CCCNc3nc(N)nc(NCC)n3)nc(NCC)n2)nc(NC)n1.CCSc1nc(CCCN)nc(NCCCc2nc(NCCN)nc(NCCCc3nc(NCCS)nc(NCCCc4ncnc(NCCCc5nc(CCCC(=O)O)nc(NCCCc6nc(C)nc(N)n6)n5)n4)n3)n2)n1.CCc1nc(N)nc(NCCCc2nc(N)nc(NCCCc3nc(N)nc(NC)n3)n2)n1. The van der Waals surface area contributed by atoms with Crippen molar-refractivity contribution in [2.45, 2.75) is 201 Å². The number of aryl methyl sites for hydroxylation is 13. The molecule has 0 saturated heterocycles. The van der Waals surface area contributed by atoms with Crippen LogP contribution in [0.4, 0.5) is 125 Å². The van der Waals surface area contributed by atoms with Gasteiger partial charge in [-0.25, -0.2) is 24.9 Å². The molecule has 63 heteroatoms. The summed E-state index contributed by atoms with van der Waals surface area (Å²) in [4.78, 5) is 169. The number of nitrogens with one attached hydrogen (secondary N) is 16. The molecule has 12 rings (SSSR count). The molecule has 0 saturated carbocycles. The molecule has 150 heavy (non-hydrogen) atoms. The summed E-state index contributed by atoms with van der Waals surface area (Å²) in [6, 6.07) is 0. The number of thioether (sulfide) groups is 1. The molecule has 0 aromatic carbocycles. The van der Waals surface area contributed by atoms with Crippen LogP contribution >= 0.6 is 24.4 Å². The highest BCUT2D eigenvalue weighted by atomic mass is 32.2. The first-order chi connectivity index (χ1) is 73.0. The standard InChI is InChI=1S/C47H74N28O2S2.C22H38N16.C18H29N15/c1-3-79-47-72-37(12-5-19-48)71-46(75-47)55-25-10-17-35-67-42(73-44(69-35)56-26-20-49)54-24-9-16-36-68-43(74-45(70-36)57-27-28-78)53-22-6-13-31-58-29-59-40(64-31)51-21-8-15-34-62-33(11-4-18-38(76)77)65-41(66-34)52-23-7-14-32-60-30(2)61-39(50)63-32;1-5-25-18-31-14(30-17(24-4)36-18)10-8-12-28-21-33-15(32-19(37-21)26-6-2)11-9-13-29-22-35-16(23)34-20(38-22)27-7-3;1-3-10-25-13(19)32-17(28-10)23-8-5-7-12-27-15(21)33-18(30-12)24-9-4-6-11-26-14(20)31-16(22-2)29-11/h29,78H,3-28,48-49H2,1-2H3,(H,76,77)(H2,50,60,61,63)(H,51,58,59,64)(H,52,62,65,66)(H,55,71,72,75)(H2,53,57,68,70,74)(H2,54,56,67,69,73);5-13H2,1-4H3,(H2,24,25,30,31,36)(H2,26,28,32,33,37)(H4,23,27,29,34,35,38);3-9H2,1-2H3,(H3,19,23,25,28,32)(H3,20,22,26,29,31)(H3,21,24,27,30,33). The lowest BCUT2D eigenvalue weighted by molar-refractivity contribution is -0.137. The Labute approximate surface area is 878 Å². The summed E-state index contributed by atoms with van der Waals surface area (Å²) in [6.45, 7) is 21.3. The number of nitrogens with zero attached hydrogens (tertiary/aromatic N) is 36. The minimum atomic E-state index is -0.867. The number of aromatic nitrogens is 36. The van der Waals surface area contributed by atoms with Crippen LogP contribution in [0.15, 0.2) is 11.5 Å². The Bertz CT molecular complexity index is 5950. The molecular formula is C87H141N59O2S2. The van der Waals surface area contributed by atoms with Crippen molar-refractivity contribution in [3.63, 3.8) is 0 Å². The van der Waals surface area contributed by atoms with E-state index in [2.05, 4.69) is 274 Å². The van der Waals surface area contributed by atoms with Crippen LogP contribution in [0.5, 0.6) is 0 Å². The molecule has 0 bridgehead atoms. The van der Waals surface area contributed by atoms with Gasteiger partial charge in [-0.3, -0.25) is 4.79 Å². The largest absolute Gasteiger partial charge is 0.481 e. The Kier molecular flexibility index (Phi) is 50.7. The molecule has 0 aliphatic carbocycles. The number of carboxylic acids is 1. The first kappa shape index (κ1) is 116. The van der Waals surface area contributed by atoms with Gasteiger partial charge < -0.3 is 130 Å². The lowest BCUT2D eigenvalue weighted by Crippen LogP contribution is -2.18. The number of nitrogens with two attached hydrogens (primary N) is 7. The fourth-order valence-electron chi connectivity index (χ4n) is 13.6. The lowest BCUT2D eigenvalue weighted by Gasteiger charge is -2.11. The van der Waals surface area contributed by atoms with Gasteiger partial charge in [-0.05, 0) is 111 Å². The van der Waals surface area contributed by atoms with E-state index in [0.29, 0.717) is 377 Å². The fraction of sp³-hybridized carbons (Fsp3) is 0.575. The van der Waals surface area contributed by atoms with E-state index in [1.807, 2.05) is 27.7 Å². The number of carbonyl (C=O) groups is 1. The smallest absolute Gasteiger partial charge is 0.303 e. The molecule has 0 aliphatic rings. The lowest BCUT2D eigenvalue weighted by atomic mass is 10.2. The number of nitrogen functional groups attached to an aromatic ring is 5. The quantitative estimate of drug-likeness (QED) is 0.0148.